The zero-order valence-electron chi connectivity index (χ0n) is 30.3. The summed E-state index contributed by atoms with van der Waals surface area (Å²) in [6.45, 7) is 0. The van der Waals surface area contributed by atoms with Gasteiger partial charge in [0.05, 0.1) is 17.2 Å². The standard InChI is InChI=1S/C20H20Cl2N2O3S.C13H13NO.C7H7Cl2NO2S/c21-15-7-12(8-16(22)10-15)11-28(26,27)24-20(25)23-19-17-5-1-3-13(17)9-14-4-2-6-18(14)19;15-8-14-13-11-5-1-3-9(11)7-10-4-2-6-12(10)13;8-6-1-5(2-7(9)3-6)4-13(10,11)12/h7-10H,1-6,11H2,(H2,23,24,25);7H,1-6H2;1-3H,4H2,(H2,10,11,12). The summed E-state index contributed by atoms with van der Waals surface area (Å²) in [4.78, 5) is 26.9. The van der Waals surface area contributed by atoms with Gasteiger partial charge in [0, 0.05) is 25.8 Å². The molecule has 0 bridgehead atoms. The molecule has 2 amide bonds. The normalized spacial score (nSPS) is 14.9. The van der Waals surface area contributed by atoms with E-state index in [-0.39, 0.29) is 11.5 Å². The number of carbonyl (C=O) groups is 1. The Bertz CT molecular complexity index is 2370. The molecular weight excluding hydrogens is 838 g/mol. The zero-order valence-corrected chi connectivity index (χ0v) is 35.0. The number of fused-ring (bicyclic) bond motifs is 4. The van der Waals surface area contributed by atoms with Crippen molar-refractivity contribution in [2.75, 3.05) is 5.32 Å². The van der Waals surface area contributed by atoms with E-state index in [2.05, 4.69) is 27.2 Å². The van der Waals surface area contributed by atoms with E-state index in [1.807, 2.05) is 0 Å². The average molecular weight is 879 g/mol. The van der Waals surface area contributed by atoms with Crippen LogP contribution in [0.25, 0.3) is 0 Å². The first-order valence-corrected chi connectivity index (χ1v) is 23.1. The number of nitrogens with zero attached hydrogens (tertiary/aromatic N) is 1. The van der Waals surface area contributed by atoms with Gasteiger partial charge in [-0.25, -0.2) is 36.3 Å². The van der Waals surface area contributed by atoms with E-state index in [9.17, 15) is 26.4 Å². The summed E-state index contributed by atoms with van der Waals surface area (Å²) in [5.41, 5.74) is 13.0. The maximum absolute atomic E-state index is 12.5. The van der Waals surface area contributed by atoms with Crippen LogP contribution >= 0.6 is 46.4 Å². The molecule has 4 aliphatic carbocycles. The second-order valence-electron chi connectivity index (χ2n) is 14.3. The minimum absolute atomic E-state index is 0.257. The molecule has 0 saturated heterocycles. The number of isocyanates is 1. The molecule has 4 aromatic carbocycles. The highest BCUT2D eigenvalue weighted by Gasteiger charge is 2.27. The molecule has 0 fully saturated rings. The summed E-state index contributed by atoms with van der Waals surface area (Å²) in [6, 6.07) is 13.0. The molecule has 0 spiro atoms. The molecule has 0 unspecified atom stereocenters. The Kier molecular flexibility index (Phi) is 13.6. The number of halogens is 4. The fourth-order valence-corrected chi connectivity index (χ4v) is 10.9. The molecule has 56 heavy (non-hydrogen) atoms. The number of nitrogens with one attached hydrogen (secondary N) is 2. The minimum Gasteiger partial charge on any atom is -0.307 e. The van der Waals surface area contributed by atoms with Crippen LogP contribution in [0.2, 0.25) is 20.1 Å². The third kappa shape index (κ3) is 10.9. The Morgan fingerprint density at radius 1 is 0.607 bits per heavy atom. The van der Waals surface area contributed by atoms with Gasteiger partial charge in [0.2, 0.25) is 26.1 Å². The predicted molar refractivity (Wildman–Crippen MR) is 223 cm³/mol. The van der Waals surface area contributed by atoms with Crippen molar-refractivity contribution in [2.45, 2.75) is 88.6 Å². The van der Waals surface area contributed by atoms with Crippen LogP contribution in [-0.2, 0) is 87.7 Å². The predicted octanol–water partition coefficient (Wildman–Crippen LogP) is 9.04. The number of hydrogen-bond donors (Lipinski definition) is 3. The lowest BCUT2D eigenvalue weighted by Gasteiger charge is -2.16. The van der Waals surface area contributed by atoms with Crippen molar-refractivity contribution in [3.8, 4) is 0 Å². The molecule has 16 heteroatoms. The van der Waals surface area contributed by atoms with Gasteiger partial charge in [-0.3, -0.25) is 0 Å². The Morgan fingerprint density at radius 3 is 1.41 bits per heavy atom. The Labute approximate surface area is 347 Å². The lowest BCUT2D eigenvalue weighted by atomic mass is 9.99. The number of rotatable bonds is 7. The highest BCUT2D eigenvalue weighted by Crippen LogP contribution is 2.40. The van der Waals surface area contributed by atoms with Crippen LogP contribution in [0.1, 0.15) is 81.3 Å². The number of carbonyl (C=O) groups excluding carboxylic acids is 2. The molecule has 0 aromatic heterocycles. The topological polar surface area (TPSA) is 165 Å². The summed E-state index contributed by atoms with van der Waals surface area (Å²) >= 11 is 23.2. The van der Waals surface area contributed by atoms with Crippen molar-refractivity contribution in [1.29, 1.82) is 0 Å². The van der Waals surface area contributed by atoms with Gasteiger partial charge in [-0.05, 0) is 169 Å². The van der Waals surface area contributed by atoms with E-state index in [1.165, 1.54) is 82.6 Å². The number of amides is 2. The molecule has 8 rings (SSSR count). The molecule has 296 valence electrons. The molecule has 4 aliphatic rings. The molecule has 0 saturated carbocycles. The largest absolute Gasteiger partial charge is 0.332 e. The zero-order chi connectivity index (χ0) is 40.2. The summed E-state index contributed by atoms with van der Waals surface area (Å²) in [5.74, 6) is -0.640. The lowest BCUT2D eigenvalue weighted by Crippen LogP contribution is -2.35. The molecular formula is C40H40Cl4N4O6S2. The highest BCUT2D eigenvalue weighted by atomic mass is 35.5. The van der Waals surface area contributed by atoms with Gasteiger partial charge in [0.25, 0.3) is 0 Å². The van der Waals surface area contributed by atoms with Crippen molar-refractivity contribution < 1.29 is 26.4 Å². The van der Waals surface area contributed by atoms with E-state index < -0.39 is 26.1 Å². The van der Waals surface area contributed by atoms with Gasteiger partial charge in [0.1, 0.15) is 0 Å². The minimum atomic E-state index is -3.89. The first-order chi connectivity index (χ1) is 26.6. The second kappa shape index (κ2) is 18.0. The number of sulfonamides is 2. The molecule has 0 aliphatic heterocycles. The smallest absolute Gasteiger partial charge is 0.307 e. The van der Waals surface area contributed by atoms with Crippen molar-refractivity contribution in [1.82, 2.24) is 4.72 Å². The molecule has 4 N–H and O–H groups in total. The van der Waals surface area contributed by atoms with E-state index in [0.717, 1.165) is 86.7 Å². The number of hydrogen-bond acceptors (Lipinski definition) is 7. The summed E-state index contributed by atoms with van der Waals surface area (Å²) < 4.78 is 48.4. The number of urea groups is 1. The molecule has 0 atom stereocenters. The Morgan fingerprint density at radius 2 is 1.00 bits per heavy atom. The number of aliphatic imine (C=N–C) groups is 1. The maximum Gasteiger partial charge on any atom is 0.332 e. The summed E-state index contributed by atoms with van der Waals surface area (Å²) in [5, 5.41) is 9.16. The van der Waals surface area contributed by atoms with Gasteiger partial charge in [-0.2, -0.15) is 4.99 Å². The number of primary sulfonamides is 1. The van der Waals surface area contributed by atoms with Crippen molar-refractivity contribution in [2.24, 2.45) is 10.1 Å². The first-order valence-electron chi connectivity index (χ1n) is 18.2. The summed E-state index contributed by atoms with van der Waals surface area (Å²) in [6.07, 6.45) is 14.6. The Balaban J connectivity index is 0.000000159. The van der Waals surface area contributed by atoms with Crippen molar-refractivity contribution in [3.05, 3.63) is 124 Å². The van der Waals surface area contributed by atoms with Gasteiger partial charge < -0.3 is 5.32 Å². The number of nitrogens with two attached hydrogens (primary N) is 1. The first kappa shape index (κ1) is 42.2. The maximum atomic E-state index is 12.5. The molecule has 10 nitrogen and oxygen atoms in total. The van der Waals surface area contributed by atoms with E-state index in [4.69, 9.17) is 51.5 Å². The van der Waals surface area contributed by atoms with Crippen molar-refractivity contribution >= 4 is 89.9 Å². The van der Waals surface area contributed by atoms with Gasteiger partial charge in [-0.15, -0.1) is 0 Å². The van der Waals surface area contributed by atoms with Crippen LogP contribution in [0.4, 0.5) is 16.2 Å². The summed E-state index contributed by atoms with van der Waals surface area (Å²) in [7, 11) is -7.42. The molecule has 0 heterocycles. The number of anilines is 1. The molecule has 0 radical (unpaired) electrons. The van der Waals surface area contributed by atoms with E-state index in [0.29, 0.717) is 31.2 Å². The van der Waals surface area contributed by atoms with Crippen LogP contribution in [0.5, 0.6) is 0 Å². The van der Waals surface area contributed by atoms with E-state index in [1.54, 1.807) is 6.08 Å². The van der Waals surface area contributed by atoms with E-state index >= 15 is 0 Å². The van der Waals surface area contributed by atoms with Gasteiger partial charge >= 0.3 is 6.03 Å². The Hall–Kier alpha value is -3.45. The van der Waals surface area contributed by atoms with Crippen LogP contribution in [0, 0.1) is 0 Å². The monoisotopic (exact) mass is 876 g/mol. The van der Waals surface area contributed by atoms with Gasteiger partial charge in [0.15, 0.2) is 0 Å². The van der Waals surface area contributed by atoms with Crippen molar-refractivity contribution in [3.63, 3.8) is 0 Å². The quantitative estimate of drug-likeness (QED) is 0.124. The third-order valence-corrected chi connectivity index (χ3v) is 12.9. The van der Waals surface area contributed by atoms with Crippen LogP contribution in [0.3, 0.4) is 0 Å². The van der Waals surface area contributed by atoms with Crippen LogP contribution < -0.4 is 15.2 Å². The SMILES string of the molecule is NS(=O)(=O)Cc1cc(Cl)cc(Cl)c1.O=C(Nc1c2c(cc3c1CCC3)CCC2)NS(=O)(=O)Cc1cc(Cl)cc(Cl)c1.O=C=Nc1c2c(cc3c1CCC3)CCC2. The average Bonchev–Trinajstić information content (AvgIpc) is 3.90. The highest BCUT2D eigenvalue weighted by molar-refractivity contribution is 7.89. The molecule has 4 aromatic rings. The van der Waals surface area contributed by atoms with Crippen LogP contribution in [-0.4, -0.2) is 28.9 Å². The van der Waals surface area contributed by atoms with Crippen LogP contribution in [0.15, 0.2) is 53.5 Å². The lowest BCUT2D eigenvalue weighted by molar-refractivity contribution is 0.256. The number of aryl methyl sites for hydroxylation is 4. The fourth-order valence-electron chi connectivity index (χ4n) is 8.09. The third-order valence-electron chi connectivity index (χ3n) is 10.1. The second-order valence-corrected chi connectivity index (χ2v) is 19.4. The number of benzene rings is 4. The van der Waals surface area contributed by atoms with Gasteiger partial charge in [-0.1, -0.05) is 58.5 Å². The fraction of sp³-hybridized carbons (Fsp3) is 0.350.